The number of carbonyl (C=O) groups is 2. The number of nitrogens with one attached hydrogen (secondary N) is 3. The molecule has 4 atom stereocenters. The molecule has 0 spiro atoms. The van der Waals surface area contributed by atoms with Gasteiger partial charge >= 0.3 is 12.2 Å². The van der Waals surface area contributed by atoms with Crippen LogP contribution in [0.3, 0.4) is 0 Å². The lowest BCUT2D eigenvalue weighted by Gasteiger charge is -2.31. The van der Waals surface area contributed by atoms with Crippen molar-refractivity contribution in [1.29, 1.82) is 0 Å². The molecule has 13 heteroatoms. The second kappa shape index (κ2) is 8.20. The summed E-state index contributed by atoms with van der Waals surface area (Å²) < 4.78 is 43.8. The van der Waals surface area contributed by atoms with Gasteiger partial charge in [-0.2, -0.15) is 13.2 Å². The molecule has 10 nitrogen and oxygen atoms in total. The topological polar surface area (TPSA) is 125 Å². The average Bonchev–Trinajstić information content (AvgIpc) is 3.73. The molecule has 0 bridgehead atoms. The molecule has 2 aliphatic carbocycles. The summed E-state index contributed by atoms with van der Waals surface area (Å²) in [6, 6.07) is -0.00179. The Morgan fingerprint density at radius 1 is 1.28 bits per heavy atom. The molecule has 2 unspecified atom stereocenters. The number of anilines is 1. The molecular formula is C23H24F3N7O3. The minimum absolute atomic E-state index is 0.0348. The van der Waals surface area contributed by atoms with Crippen molar-refractivity contribution >= 4 is 23.5 Å². The van der Waals surface area contributed by atoms with Crippen LogP contribution in [-0.2, 0) is 11.3 Å². The van der Waals surface area contributed by atoms with Gasteiger partial charge in [-0.25, -0.2) is 14.4 Å². The van der Waals surface area contributed by atoms with Gasteiger partial charge in [0.15, 0.2) is 5.69 Å². The molecule has 4 heterocycles. The number of rotatable bonds is 6. The van der Waals surface area contributed by atoms with Crippen LogP contribution in [0.15, 0.2) is 28.5 Å². The van der Waals surface area contributed by atoms with Gasteiger partial charge in [-0.15, -0.1) is 0 Å². The molecule has 2 aromatic heterocycles. The van der Waals surface area contributed by atoms with Crippen LogP contribution < -0.4 is 16.0 Å². The van der Waals surface area contributed by atoms with Crippen LogP contribution in [0, 0.1) is 24.7 Å². The van der Waals surface area contributed by atoms with E-state index >= 15 is 0 Å². The highest BCUT2D eigenvalue weighted by atomic mass is 19.4. The summed E-state index contributed by atoms with van der Waals surface area (Å²) in [5.41, 5.74) is 3.86. The number of fused-ring (bicyclic) bond motifs is 1. The highest BCUT2D eigenvalue weighted by molar-refractivity contribution is 5.96. The minimum Gasteiger partial charge on any atom is -0.372 e. The highest BCUT2D eigenvalue weighted by Gasteiger charge is 2.55. The number of pyridine rings is 1. The first-order valence-corrected chi connectivity index (χ1v) is 11.9. The molecule has 2 aliphatic heterocycles. The van der Waals surface area contributed by atoms with Crippen molar-refractivity contribution in [3.63, 3.8) is 0 Å². The number of carbonyl (C=O) groups excluding carboxylic acids is 2. The molecule has 4 aliphatic rings. The largest absolute Gasteiger partial charge is 0.410 e. The summed E-state index contributed by atoms with van der Waals surface area (Å²) in [7, 11) is 0. The Labute approximate surface area is 203 Å². The summed E-state index contributed by atoms with van der Waals surface area (Å²) >= 11 is 0. The number of alkyl halides is 3. The first kappa shape index (κ1) is 22.8. The molecular weight excluding hydrogens is 479 g/mol. The maximum absolute atomic E-state index is 13.4. The quantitative estimate of drug-likeness (QED) is 0.553. The SMILES string of the molecule is Cc1nonc1C1=C2CC2C(C2CC2)[C@@H](C(=O)Nc2cc(CN3C[C@@H](C(F)(F)F)NC3=O)ccn2)N1. The van der Waals surface area contributed by atoms with Crippen LogP contribution in [0.4, 0.5) is 23.8 Å². The van der Waals surface area contributed by atoms with Gasteiger partial charge < -0.3 is 20.9 Å². The van der Waals surface area contributed by atoms with Crippen LogP contribution in [0.1, 0.15) is 36.2 Å². The van der Waals surface area contributed by atoms with Crippen molar-refractivity contribution in [2.24, 2.45) is 17.8 Å². The van der Waals surface area contributed by atoms with E-state index < -0.39 is 30.8 Å². The van der Waals surface area contributed by atoms with Gasteiger partial charge in [0.05, 0.1) is 12.2 Å². The first-order chi connectivity index (χ1) is 17.2. The number of urea groups is 1. The zero-order valence-electron chi connectivity index (χ0n) is 19.3. The smallest absolute Gasteiger partial charge is 0.372 e. The van der Waals surface area contributed by atoms with Gasteiger partial charge in [0, 0.05) is 12.7 Å². The molecule has 6 rings (SSSR count). The maximum atomic E-state index is 13.4. The lowest BCUT2D eigenvalue weighted by atomic mass is 9.85. The van der Waals surface area contributed by atoms with E-state index in [1.807, 2.05) is 5.32 Å². The number of halogens is 3. The molecule has 0 aromatic carbocycles. The van der Waals surface area contributed by atoms with Crippen molar-refractivity contribution in [2.75, 3.05) is 11.9 Å². The van der Waals surface area contributed by atoms with Gasteiger partial charge in [0.1, 0.15) is 23.6 Å². The van der Waals surface area contributed by atoms with Gasteiger partial charge in [-0.1, -0.05) is 5.16 Å². The summed E-state index contributed by atoms with van der Waals surface area (Å²) in [4.78, 5) is 30.7. The predicted octanol–water partition coefficient (Wildman–Crippen LogP) is 2.60. The van der Waals surface area contributed by atoms with Crippen molar-refractivity contribution in [3.05, 3.63) is 40.9 Å². The molecule has 3 amide bonds. The number of aromatic nitrogens is 3. The van der Waals surface area contributed by atoms with Gasteiger partial charge in [0.2, 0.25) is 5.91 Å². The first-order valence-electron chi connectivity index (χ1n) is 11.9. The van der Waals surface area contributed by atoms with Crippen LogP contribution in [-0.4, -0.2) is 56.9 Å². The lowest BCUT2D eigenvalue weighted by molar-refractivity contribution is -0.149. The van der Waals surface area contributed by atoms with E-state index in [1.165, 1.54) is 11.8 Å². The number of nitrogens with zero attached hydrogens (tertiary/aromatic N) is 4. The van der Waals surface area contributed by atoms with E-state index in [-0.39, 0.29) is 24.2 Å². The monoisotopic (exact) mass is 503 g/mol. The van der Waals surface area contributed by atoms with Gasteiger partial charge in [-0.05, 0) is 72.4 Å². The number of hydrogen-bond donors (Lipinski definition) is 3. The van der Waals surface area contributed by atoms with Crippen molar-refractivity contribution < 1.29 is 27.4 Å². The molecule has 1 saturated heterocycles. The number of aryl methyl sites for hydroxylation is 1. The molecule has 190 valence electrons. The summed E-state index contributed by atoms with van der Waals surface area (Å²) in [6.07, 6.45) is 0.0303. The highest BCUT2D eigenvalue weighted by Crippen LogP contribution is 2.58. The Morgan fingerprint density at radius 2 is 2.08 bits per heavy atom. The molecule has 0 radical (unpaired) electrons. The number of hydrogen-bond acceptors (Lipinski definition) is 7. The Kier molecular flexibility index (Phi) is 5.20. The zero-order valence-corrected chi connectivity index (χ0v) is 19.3. The minimum atomic E-state index is -4.51. The molecule has 3 N–H and O–H groups in total. The number of allylic oxidation sites excluding steroid dienone is 1. The van der Waals surface area contributed by atoms with Gasteiger partial charge in [0.25, 0.3) is 0 Å². The molecule has 2 aromatic rings. The fourth-order valence-corrected chi connectivity index (χ4v) is 5.39. The lowest BCUT2D eigenvalue weighted by Crippen LogP contribution is -2.48. The molecule has 36 heavy (non-hydrogen) atoms. The van der Waals surface area contributed by atoms with Crippen LogP contribution in [0.25, 0.3) is 5.70 Å². The van der Waals surface area contributed by atoms with E-state index in [0.717, 1.165) is 29.9 Å². The summed E-state index contributed by atoms with van der Waals surface area (Å²) in [5, 5.41) is 16.1. The van der Waals surface area contributed by atoms with E-state index in [4.69, 9.17) is 4.63 Å². The van der Waals surface area contributed by atoms with E-state index in [1.54, 1.807) is 19.1 Å². The third-order valence-corrected chi connectivity index (χ3v) is 7.37. The number of amides is 3. The fraction of sp³-hybridized carbons (Fsp3) is 0.522. The fourth-order valence-electron chi connectivity index (χ4n) is 5.39. The Morgan fingerprint density at radius 3 is 2.75 bits per heavy atom. The van der Waals surface area contributed by atoms with Crippen LogP contribution in [0.5, 0.6) is 0 Å². The third kappa shape index (κ3) is 4.16. The van der Waals surface area contributed by atoms with Crippen molar-refractivity contribution in [3.8, 4) is 0 Å². The van der Waals surface area contributed by atoms with E-state index in [0.29, 0.717) is 28.8 Å². The Hall–Kier alpha value is -3.64. The second-order valence-corrected chi connectivity index (χ2v) is 9.91. The zero-order chi connectivity index (χ0) is 25.2. The maximum Gasteiger partial charge on any atom is 0.410 e. The second-order valence-electron chi connectivity index (χ2n) is 9.91. The Balaban J connectivity index is 1.17. The van der Waals surface area contributed by atoms with E-state index in [2.05, 4.69) is 25.9 Å². The average molecular weight is 503 g/mol. The van der Waals surface area contributed by atoms with Crippen molar-refractivity contribution in [1.82, 2.24) is 30.8 Å². The third-order valence-electron chi connectivity index (χ3n) is 7.37. The summed E-state index contributed by atoms with van der Waals surface area (Å²) in [6.45, 7) is 1.29. The van der Waals surface area contributed by atoms with Crippen LogP contribution in [0.2, 0.25) is 0 Å². The normalized spacial score (nSPS) is 27.4. The van der Waals surface area contributed by atoms with E-state index in [9.17, 15) is 22.8 Å². The standard InChI is InChI=1S/C23H24F3N7O3/c1-10-18(32-36-31-10)19-14-7-13(14)17(12-2-3-12)20(30-19)21(34)29-16-6-11(4-5-27-16)8-33-9-15(23(24,25)26)28-22(33)35/h4-6,12-13,15,17,20,30H,2-3,7-9H2,1H3,(H,28,35)(H,27,29,34)/t13?,15-,17?,20-/m0/s1. The molecule has 2 saturated carbocycles. The summed E-state index contributed by atoms with van der Waals surface area (Å²) in [5.74, 6) is 0.982. The predicted molar refractivity (Wildman–Crippen MR) is 119 cm³/mol. The molecule has 3 fully saturated rings. The van der Waals surface area contributed by atoms with Crippen molar-refractivity contribution in [2.45, 2.75) is 51.0 Å². The van der Waals surface area contributed by atoms with Gasteiger partial charge in [-0.3, -0.25) is 4.79 Å². The Bertz CT molecular complexity index is 1260. The van der Waals surface area contributed by atoms with Crippen LogP contribution >= 0.6 is 0 Å².